The van der Waals surface area contributed by atoms with Gasteiger partial charge < -0.3 is 9.25 Å². The molecular formula is C28H24FNO4. The molecule has 6 heteroatoms. The second-order valence-corrected chi connectivity index (χ2v) is 8.74. The first-order valence-electron chi connectivity index (χ1n) is 11.2. The van der Waals surface area contributed by atoms with Gasteiger partial charge in [-0.1, -0.05) is 24.3 Å². The topological polar surface area (TPSA) is 59.8 Å². The molecule has 1 aliphatic rings. The molecule has 0 fully saturated rings. The molecule has 4 aromatic rings. The molecule has 0 amide bonds. The first kappa shape index (κ1) is 22.0. The maximum atomic E-state index is 13.8. The first-order valence-corrected chi connectivity index (χ1v) is 11.2. The Morgan fingerprint density at radius 1 is 1.09 bits per heavy atom. The average molecular weight is 458 g/mol. The standard InChI is InChI=1S/C28H24FNO4/c1-16-13-23(17(2)30(3)34-28(32)18-7-5-4-6-8-18)27-24(14-16)25(31)22-11-9-19-15-20(29)10-12-21(19)26(22)33-27/h4-8,10,12-15,17H,9,11H2,1-3H3. The normalized spacial score (nSPS) is 13.4. The van der Waals surface area contributed by atoms with Gasteiger partial charge in [0.25, 0.3) is 0 Å². The van der Waals surface area contributed by atoms with Gasteiger partial charge in [-0.05, 0) is 74.2 Å². The van der Waals surface area contributed by atoms with Gasteiger partial charge in [0, 0.05) is 23.7 Å². The molecule has 0 saturated carbocycles. The molecule has 1 atom stereocenters. The molecule has 5 rings (SSSR count). The maximum absolute atomic E-state index is 13.8. The quantitative estimate of drug-likeness (QED) is 0.364. The van der Waals surface area contributed by atoms with Crippen LogP contribution in [0.3, 0.4) is 0 Å². The van der Waals surface area contributed by atoms with Gasteiger partial charge in [-0.15, -0.1) is 5.06 Å². The highest BCUT2D eigenvalue weighted by atomic mass is 19.1. The van der Waals surface area contributed by atoms with E-state index >= 15 is 0 Å². The van der Waals surface area contributed by atoms with Crippen LogP contribution in [0.4, 0.5) is 4.39 Å². The van der Waals surface area contributed by atoms with E-state index < -0.39 is 12.0 Å². The summed E-state index contributed by atoms with van der Waals surface area (Å²) >= 11 is 0. The minimum absolute atomic E-state index is 0.0766. The lowest BCUT2D eigenvalue weighted by Gasteiger charge is -2.25. The van der Waals surface area contributed by atoms with Crippen LogP contribution >= 0.6 is 0 Å². The van der Waals surface area contributed by atoms with E-state index in [1.54, 1.807) is 37.4 Å². The van der Waals surface area contributed by atoms with E-state index in [-0.39, 0.29) is 11.2 Å². The van der Waals surface area contributed by atoms with Gasteiger partial charge in [-0.3, -0.25) is 4.79 Å². The highest BCUT2D eigenvalue weighted by molar-refractivity contribution is 5.89. The van der Waals surface area contributed by atoms with Crippen molar-refractivity contribution >= 4 is 16.9 Å². The number of fused-ring (bicyclic) bond motifs is 4. The van der Waals surface area contributed by atoms with Gasteiger partial charge >= 0.3 is 5.97 Å². The highest BCUT2D eigenvalue weighted by Crippen LogP contribution is 2.37. The predicted octanol–water partition coefficient (Wildman–Crippen LogP) is 5.77. The van der Waals surface area contributed by atoms with Crippen LogP contribution in [0.2, 0.25) is 0 Å². The Labute approximate surface area is 196 Å². The van der Waals surface area contributed by atoms with Crippen molar-refractivity contribution < 1.29 is 18.4 Å². The van der Waals surface area contributed by atoms with Crippen molar-refractivity contribution in [1.82, 2.24) is 5.06 Å². The van der Waals surface area contributed by atoms with E-state index in [0.717, 1.165) is 22.3 Å². The number of benzene rings is 3. The number of halogens is 1. The third-order valence-electron chi connectivity index (χ3n) is 6.45. The van der Waals surface area contributed by atoms with Gasteiger partial charge in [0.05, 0.1) is 17.0 Å². The molecule has 1 aromatic heterocycles. The Balaban J connectivity index is 1.60. The smallest absolute Gasteiger partial charge is 0.357 e. The molecule has 1 heterocycles. The molecule has 1 unspecified atom stereocenters. The fraction of sp³-hybridized carbons (Fsp3) is 0.214. The first-order chi connectivity index (χ1) is 16.3. The Morgan fingerprint density at radius 2 is 1.85 bits per heavy atom. The zero-order valence-electron chi connectivity index (χ0n) is 19.2. The lowest BCUT2D eigenvalue weighted by Crippen LogP contribution is -2.27. The van der Waals surface area contributed by atoms with Crippen LogP contribution in [0.15, 0.2) is 69.9 Å². The van der Waals surface area contributed by atoms with Crippen LogP contribution in [-0.4, -0.2) is 18.1 Å². The van der Waals surface area contributed by atoms with Crippen LogP contribution in [0.5, 0.6) is 0 Å². The van der Waals surface area contributed by atoms with Crippen LogP contribution in [-0.2, 0) is 17.7 Å². The summed E-state index contributed by atoms with van der Waals surface area (Å²) in [6.07, 6.45) is 1.08. The number of nitrogens with zero attached hydrogens (tertiary/aromatic N) is 1. The van der Waals surface area contributed by atoms with E-state index in [1.807, 2.05) is 32.0 Å². The molecule has 1 aliphatic carbocycles. The van der Waals surface area contributed by atoms with Crippen molar-refractivity contribution in [3.05, 3.63) is 105 Å². The minimum atomic E-state index is -0.471. The third kappa shape index (κ3) is 3.80. The van der Waals surface area contributed by atoms with Crippen molar-refractivity contribution in [2.45, 2.75) is 32.7 Å². The second kappa shape index (κ2) is 8.54. The summed E-state index contributed by atoms with van der Waals surface area (Å²) in [5.41, 5.74) is 4.62. The SMILES string of the molecule is Cc1cc(C(C)N(C)OC(=O)c2ccccc2)c2oc3c(c(=O)c2c1)CCc1cc(F)ccc1-3. The van der Waals surface area contributed by atoms with Crippen LogP contribution in [0, 0.1) is 12.7 Å². The number of hydroxylamine groups is 2. The number of rotatable bonds is 4. The average Bonchev–Trinajstić information content (AvgIpc) is 2.84. The fourth-order valence-corrected chi connectivity index (χ4v) is 4.55. The van der Waals surface area contributed by atoms with Crippen molar-refractivity contribution in [2.24, 2.45) is 0 Å². The summed E-state index contributed by atoms with van der Waals surface area (Å²) in [4.78, 5) is 31.6. The summed E-state index contributed by atoms with van der Waals surface area (Å²) in [7, 11) is 1.67. The van der Waals surface area contributed by atoms with Crippen LogP contribution < -0.4 is 5.43 Å². The molecule has 0 spiro atoms. The van der Waals surface area contributed by atoms with E-state index in [4.69, 9.17) is 9.25 Å². The lowest BCUT2D eigenvalue weighted by atomic mass is 9.88. The van der Waals surface area contributed by atoms with Gasteiger partial charge in [0.2, 0.25) is 0 Å². The van der Waals surface area contributed by atoms with Crippen molar-refractivity contribution in [3.63, 3.8) is 0 Å². The number of carbonyl (C=O) groups is 1. The number of hydrogen-bond donors (Lipinski definition) is 0. The van der Waals surface area contributed by atoms with E-state index in [2.05, 4.69) is 0 Å². The van der Waals surface area contributed by atoms with E-state index in [1.165, 1.54) is 17.2 Å². The predicted molar refractivity (Wildman–Crippen MR) is 128 cm³/mol. The van der Waals surface area contributed by atoms with Crippen LogP contribution in [0.25, 0.3) is 22.3 Å². The summed E-state index contributed by atoms with van der Waals surface area (Å²) in [5, 5.41) is 1.96. The minimum Gasteiger partial charge on any atom is -0.455 e. The lowest BCUT2D eigenvalue weighted by molar-refractivity contribution is -0.116. The van der Waals surface area contributed by atoms with E-state index in [0.29, 0.717) is 40.7 Å². The largest absolute Gasteiger partial charge is 0.455 e. The molecule has 0 aliphatic heterocycles. The number of carbonyl (C=O) groups excluding carboxylic acids is 1. The van der Waals surface area contributed by atoms with Gasteiger partial charge in [0.15, 0.2) is 5.43 Å². The molecular weight excluding hydrogens is 433 g/mol. The molecule has 0 saturated heterocycles. The summed E-state index contributed by atoms with van der Waals surface area (Å²) in [6.45, 7) is 3.80. The summed E-state index contributed by atoms with van der Waals surface area (Å²) in [5.74, 6) is -0.293. The monoisotopic (exact) mass is 457 g/mol. The Bertz CT molecular complexity index is 1480. The van der Waals surface area contributed by atoms with Gasteiger partial charge in [0.1, 0.15) is 17.2 Å². The van der Waals surface area contributed by atoms with Gasteiger partial charge in [-0.2, -0.15) is 0 Å². The molecule has 5 nitrogen and oxygen atoms in total. The van der Waals surface area contributed by atoms with Gasteiger partial charge in [-0.25, -0.2) is 9.18 Å². The van der Waals surface area contributed by atoms with Crippen molar-refractivity contribution in [2.75, 3.05) is 7.05 Å². The molecule has 0 bridgehead atoms. The molecule has 34 heavy (non-hydrogen) atoms. The molecule has 172 valence electrons. The molecule has 0 radical (unpaired) electrons. The summed E-state index contributed by atoms with van der Waals surface area (Å²) in [6, 6.07) is 16.7. The maximum Gasteiger partial charge on any atom is 0.357 e. The highest BCUT2D eigenvalue weighted by Gasteiger charge is 2.27. The van der Waals surface area contributed by atoms with Crippen molar-refractivity contribution in [1.29, 1.82) is 0 Å². The Kier molecular flexibility index (Phi) is 5.54. The Hall–Kier alpha value is -3.77. The number of aryl methyl sites for hydroxylation is 2. The molecule has 0 N–H and O–H groups in total. The Morgan fingerprint density at radius 3 is 2.62 bits per heavy atom. The number of hydrogen-bond acceptors (Lipinski definition) is 5. The fourth-order valence-electron chi connectivity index (χ4n) is 4.55. The molecule has 3 aromatic carbocycles. The van der Waals surface area contributed by atoms with Crippen molar-refractivity contribution in [3.8, 4) is 11.3 Å². The third-order valence-corrected chi connectivity index (χ3v) is 6.45. The van der Waals surface area contributed by atoms with E-state index in [9.17, 15) is 14.0 Å². The summed E-state index contributed by atoms with van der Waals surface area (Å²) < 4.78 is 20.2. The second-order valence-electron chi connectivity index (χ2n) is 8.74. The zero-order chi connectivity index (χ0) is 24.0. The zero-order valence-corrected chi connectivity index (χ0v) is 19.2. The van der Waals surface area contributed by atoms with Crippen LogP contribution in [0.1, 0.15) is 45.6 Å².